The third-order valence-corrected chi connectivity index (χ3v) is 3.77. The van der Waals surface area contributed by atoms with Gasteiger partial charge in [0.2, 0.25) is 0 Å². The van der Waals surface area contributed by atoms with Gasteiger partial charge in [0.25, 0.3) is 0 Å². The Kier molecular flexibility index (Phi) is 15.8. The predicted molar refractivity (Wildman–Crippen MR) is 91.3 cm³/mol. The van der Waals surface area contributed by atoms with Crippen molar-refractivity contribution in [3.63, 3.8) is 0 Å². The predicted octanol–water partition coefficient (Wildman–Crippen LogP) is 4.12. The Morgan fingerprint density at radius 1 is 0.783 bits per heavy atom. The Morgan fingerprint density at radius 3 is 1.65 bits per heavy atom. The number of amides is 2. The second-order valence-corrected chi connectivity index (χ2v) is 5.83. The minimum Gasteiger partial charge on any atom is -0.453 e. The lowest BCUT2D eigenvalue weighted by Gasteiger charge is -2.04. The van der Waals surface area contributed by atoms with E-state index in [2.05, 4.69) is 14.8 Å². The molecule has 0 rings (SSSR count). The smallest absolute Gasteiger partial charge is 0.406 e. The van der Waals surface area contributed by atoms with Crippen LogP contribution in [0.5, 0.6) is 0 Å². The summed E-state index contributed by atoms with van der Waals surface area (Å²) in [5.74, 6) is 0. The summed E-state index contributed by atoms with van der Waals surface area (Å²) in [5, 5.41) is 2.69. The molecule has 6 nitrogen and oxygen atoms in total. The Bertz CT molecular complexity index is 298. The van der Waals surface area contributed by atoms with Gasteiger partial charge in [0.05, 0.1) is 13.7 Å². The fraction of sp³-hybridized carbons (Fsp3) is 0.882. The molecule has 0 unspecified atom stereocenters. The number of ether oxygens (including phenoxy) is 2. The van der Waals surface area contributed by atoms with Gasteiger partial charge < -0.3 is 20.5 Å². The summed E-state index contributed by atoms with van der Waals surface area (Å²) in [6.07, 6.45) is 13.4. The van der Waals surface area contributed by atoms with E-state index >= 15 is 0 Å². The van der Waals surface area contributed by atoms with Crippen molar-refractivity contribution < 1.29 is 19.1 Å². The van der Waals surface area contributed by atoms with Crippen LogP contribution in [0.4, 0.5) is 9.59 Å². The zero-order chi connectivity index (χ0) is 17.2. The molecule has 0 fully saturated rings. The molecule has 6 heteroatoms. The van der Waals surface area contributed by atoms with Crippen LogP contribution in [-0.2, 0) is 9.47 Å². The van der Waals surface area contributed by atoms with E-state index in [1.165, 1.54) is 58.5 Å². The van der Waals surface area contributed by atoms with Gasteiger partial charge in [0.1, 0.15) is 0 Å². The van der Waals surface area contributed by atoms with Crippen molar-refractivity contribution in [3.05, 3.63) is 0 Å². The fourth-order valence-electron chi connectivity index (χ4n) is 2.43. The first-order chi connectivity index (χ1) is 11.2. The zero-order valence-electron chi connectivity index (χ0n) is 14.6. The summed E-state index contributed by atoms with van der Waals surface area (Å²) in [5.41, 5.74) is 4.88. The number of nitrogens with one attached hydrogen (secondary N) is 1. The lowest BCUT2D eigenvalue weighted by Crippen LogP contribution is -2.23. The van der Waals surface area contributed by atoms with Gasteiger partial charge >= 0.3 is 12.2 Å². The molecule has 0 saturated carbocycles. The normalized spacial score (nSPS) is 10.3. The molecule has 0 aromatic carbocycles. The molecular weight excluding hydrogens is 296 g/mol. The van der Waals surface area contributed by atoms with E-state index < -0.39 is 6.09 Å². The van der Waals surface area contributed by atoms with E-state index in [0.717, 1.165) is 25.7 Å². The SMILES string of the molecule is COC(=O)NCCCCCCCCCCCCCCOC(N)=O. The zero-order valence-corrected chi connectivity index (χ0v) is 14.6. The first-order valence-electron chi connectivity index (χ1n) is 8.91. The maximum Gasteiger partial charge on any atom is 0.406 e. The van der Waals surface area contributed by atoms with Crippen LogP contribution in [0.15, 0.2) is 0 Å². The first kappa shape index (κ1) is 21.5. The van der Waals surface area contributed by atoms with Crippen LogP contribution in [0.25, 0.3) is 0 Å². The van der Waals surface area contributed by atoms with E-state index in [1.807, 2.05) is 0 Å². The van der Waals surface area contributed by atoms with Crippen molar-refractivity contribution >= 4 is 12.2 Å². The van der Waals surface area contributed by atoms with E-state index in [4.69, 9.17) is 5.73 Å². The van der Waals surface area contributed by atoms with Gasteiger partial charge in [0.15, 0.2) is 0 Å². The van der Waals surface area contributed by atoms with Gasteiger partial charge in [-0.1, -0.05) is 64.2 Å². The molecule has 0 atom stereocenters. The monoisotopic (exact) mass is 330 g/mol. The molecule has 0 aromatic heterocycles. The molecule has 0 heterocycles. The third kappa shape index (κ3) is 18.5. The van der Waals surface area contributed by atoms with Crippen molar-refractivity contribution in [2.75, 3.05) is 20.3 Å². The number of methoxy groups -OCH3 is 1. The van der Waals surface area contributed by atoms with Crippen LogP contribution < -0.4 is 11.1 Å². The Labute approximate surface area is 140 Å². The highest BCUT2D eigenvalue weighted by atomic mass is 16.5. The molecule has 0 spiro atoms. The number of hydrogen-bond donors (Lipinski definition) is 2. The summed E-state index contributed by atoms with van der Waals surface area (Å²) in [6.45, 7) is 1.15. The number of nitrogens with two attached hydrogens (primary N) is 1. The quantitative estimate of drug-likeness (QED) is 0.442. The van der Waals surface area contributed by atoms with E-state index in [0.29, 0.717) is 13.2 Å². The molecule has 136 valence electrons. The maximum atomic E-state index is 10.8. The number of primary amides is 1. The van der Waals surface area contributed by atoms with Gasteiger partial charge in [-0.2, -0.15) is 0 Å². The molecule has 0 radical (unpaired) electrons. The molecule has 23 heavy (non-hydrogen) atoms. The Hall–Kier alpha value is -1.46. The molecule has 0 aliphatic rings. The van der Waals surface area contributed by atoms with Gasteiger partial charge in [0, 0.05) is 6.54 Å². The minimum atomic E-state index is -0.676. The highest BCUT2D eigenvalue weighted by molar-refractivity contribution is 5.66. The van der Waals surface area contributed by atoms with Gasteiger partial charge in [-0.3, -0.25) is 0 Å². The van der Waals surface area contributed by atoms with Crippen molar-refractivity contribution in [3.8, 4) is 0 Å². The van der Waals surface area contributed by atoms with Crippen LogP contribution >= 0.6 is 0 Å². The molecule has 3 N–H and O–H groups in total. The third-order valence-electron chi connectivity index (χ3n) is 3.77. The average Bonchev–Trinajstić information content (AvgIpc) is 2.53. The van der Waals surface area contributed by atoms with Crippen LogP contribution in [0.2, 0.25) is 0 Å². The second kappa shape index (κ2) is 16.9. The van der Waals surface area contributed by atoms with Gasteiger partial charge in [-0.25, -0.2) is 9.59 Å². The minimum absolute atomic E-state index is 0.342. The molecule has 0 aliphatic heterocycles. The standard InChI is InChI=1S/C17H34N2O4/c1-22-17(21)19-14-12-10-8-6-4-2-3-5-7-9-11-13-15-23-16(18)20/h2-15H2,1H3,(H2,18,20)(H,19,21). The molecule has 0 aliphatic carbocycles. The van der Waals surface area contributed by atoms with E-state index in [9.17, 15) is 9.59 Å². The van der Waals surface area contributed by atoms with Crippen LogP contribution in [0.3, 0.4) is 0 Å². The average molecular weight is 330 g/mol. The molecule has 0 saturated heterocycles. The topological polar surface area (TPSA) is 90.7 Å². The van der Waals surface area contributed by atoms with Crippen molar-refractivity contribution in [1.29, 1.82) is 0 Å². The highest BCUT2D eigenvalue weighted by Gasteiger charge is 1.97. The summed E-state index contributed by atoms with van der Waals surface area (Å²) >= 11 is 0. The number of alkyl carbamates (subject to hydrolysis) is 1. The summed E-state index contributed by atoms with van der Waals surface area (Å²) < 4.78 is 9.18. The molecular formula is C17H34N2O4. The summed E-state index contributed by atoms with van der Waals surface area (Å²) in [6, 6.07) is 0. The Balaban J connectivity index is 3.02. The maximum absolute atomic E-state index is 10.8. The molecule has 0 bridgehead atoms. The van der Waals surface area contributed by atoms with Crippen LogP contribution in [0.1, 0.15) is 77.0 Å². The fourth-order valence-corrected chi connectivity index (χ4v) is 2.43. The molecule has 2 amide bonds. The summed E-state index contributed by atoms with van der Waals surface area (Å²) in [7, 11) is 1.38. The Morgan fingerprint density at radius 2 is 1.22 bits per heavy atom. The lowest BCUT2D eigenvalue weighted by atomic mass is 10.1. The first-order valence-corrected chi connectivity index (χ1v) is 8.91. The molecule has 0 aromatic rings. The summed E-state index contributed by atoms with van der Waals surface area (Å²) in [4.78, 5) is 21.2. The lowest BCUT2D eigenvalue weighted by molar-refractivity contribution is 0.154. The largest absolute Gasteiger partial charge is 0.453 e. The van der Waals surface area contributed by atoms with Gasteiger partial charge in [-0.15, -0.1) is 0 Å². The van der Waals surface area contributed by atoms with E-state index in [-0.39, 0.29) is 6.09 Å². The van der Waals surface area contributed by atoms with Crippen molar-refractivity contribution in [1.82, 2.24) is 5.32 Å². The number of unbranched alkanes of at least 4 members (excludes halogenated alkanes) is 11. The van der Waals surface area contributed by atoms with Crippen molar-refractivity contribution in [2.24, 2.45) is 5.73 Å². The van der Waals surface area contributed by atoms with Crippen LogP contribution in [-0.4, -0.2) is 32.4 Å². The highest BCUT2D eigenvalue weighted by Crippen LogP contribution is 2.11. The van der Waals surface area contributed by atoms with Crippen LogP contribution in [0, 0.1) is 0 Å². The second-order valence-electron chi connectivity index (χ2n) is 5.83. The van der Waals surface area contributed by atoms with E-state index in [1.54, 1.807) is 0 Å². The number of carbonyl (C=O) groups excluding carboxylic acids is 2. The van der Waals surface area contributed by atoms with Crippen molar-refractivity contribution in [2.45, 2.75) is 77.0 Å². The number of hydrogen-bond acceptors (Lipinski definition) is 4. The number of rotatable bonds is 15. The van der Waals surface area contributed by atoms with Gasteiger partial charge in [-0.05, 0) is 12.8 Å². The number of carbonyl (C=O) groups is 2.